The molecule has 1 N–H and O–H groups in total. The minimum atomic E-state index is 0.404. The van der Waals surface area contributed by atoms with E-state index in [4.69, 9.17) is 4.52 Å². The Morgan fingerprint density at radius 3 is 3.19 bits per heavy atom. The van der Waals surface area contributed by atoms with Gasteiger partial charge < -0.3 is 9.84 Å². The molecule has 0 unspecified atom stereocenters. The standard InChI is InChI=1S/C10H8N4OS/c1-11-10-13-9(14-15-10)6-4-8-7(12-5-6)2-3-16-8/h2-5H,1H3,(H,11,13,14). The molecule has 0 saturated heterocycles. The minimum absolute atomic E-state index is 0.404. The van der Waals surface area contributed by atoms with E-state index in [9.17, 15) is 0 Å². The summed E-state index contributed by atoms with van der Waals surface area (Å²) in [6, 6.07) is 4.40. The van der Waals surface area contributed by atoms with Crippen molar-refractivity contribution < 1.29 is 4.52 Å². The van der Waals surface area contributed by atoms with E-state index in [1.807, 2.05) is 17.5 Å². The molecule has 0 spiro atoms. The molecule has 3 aromatic rings. The third-order valence-corrected chi connectivity index (χ3v) is 3.05. The first-order chi connectivity index (χ1) is 7.86. The van der Waals surface area contributed by atoms with E-state index >= 15 is 0 Å². The third kappa shape index (κ3) is 1.43. The second-order valence-electron chi connectivity index (χ2n) is 3.20. The van der Waals surface area contributed by atoms with Crippen LogP contribution >= 0.6 is 11.3 Å². The summed E-state index contributed by atoms with van der Waals surface area (Å²) < 4.78 is 6.08. The molecule has 0 bridgehead atoms. The van der Waals surface area contributed by atoms with Crippen molar-refractivity contribution in [3.63, 3.8) is 0 Å². The quantitative estimate of drug-likeness (QED) is 0.735. The number of nitrogens with one attached hydrogen (secondary N) is 1. The predicted octanol–water partition coefficient (Wildman–Crippen LogP) is 2.39. The number of hydrogen-bond donors (Lipinski definition) is 1. The molecular formula is C10H8N4OS. The van der Waals surface area contributed by atoms with Gasteiger partial charge in [0.1, 0.15) is 0 Å². The summed E-state index contributed by atoms with van der Waals surface area (Å²) in [6.07, 6.45) is 1.75. The highest BCUT2D eigenvalue weighted by Crippen LogP contribution is 2.24. The van der Waals surface area contributed by atoms with Crippen LogP contribution in [-0.2, 0) is 0 Å². The third-order valence-electron chi connectivity index (χ3n) is 2.20. The molecule has 0 aliphatic rings. The number of aromatic nitrogens is 3. The first kappa shape index (κ1) is 9.29. The lowest BCUT2D eigenvalue weighted by Crippen LogP contribution is -1.87. The molecular weight excluding hydrogens is 224 g/mol. The molecule has 0 radical (unpaired) electrons. The van der Waals surface area contributed by atoms with Crippen LogP contribution in [0.2, 0.25) is 0 Å². The van der Waals surface area contributed by atoms with Crippen LogP contribution < -0.4 is 5.32 Å². The number of anilines is 1. The van der Waals surface area contributed by atoms with Crippen molar-refractivity contribution in [2.45, 2.75) is 0 Å². The Morgan fingerprint density at radius 2 is 2.38 bits per heavy atom. The first-order valence-corrected chi connectivity index (χ1v) is 5.60. The average Bonchev–Trinajstić information content (AvgIpc) is 2.96. The Kier molecular flexibility index (Phi) is 2.07. The Hall–Kier alpha value is -1.95. The van der Waals surface area contributed by atoms with Gasteiger partial charge in [0, 0.05) is 18.8 Å². The SMILES string of the molecule is CNc1nc(-c2cnc3ccsc3c2)no1. The minimum Gasteiger partial charge on any atom is -0.341 e. The maximum Gasteiger partial charge on any atom is 0.321 e. The fraction of sp³-hybridized carbons (Fsp3) is 0.100. The Morgan fingerprint density at radius 1 is 1.44 bits per heavy atom. The molecule has 3 rings (SSSR count). The monoisotopic (exact) mass is 232 g/mol. The molecule has 16 heavy (non-hydrogen) atoms. The molecule has 0 fully saturated rings. The fourth-order valence-corrected chi connectivity index (χ4v) is 2.19. The van der Waals surface area contributed by atoms with Crippen molar-refractivity contribution in [3.8, 4) is 11.4 Å². The van der Waals surface area contributed by atoms with Gasteiger partial charge in [-0.25, -0.2) is 0 Å². The van der Waals surface area contributed by atoms with Crippen LogP contribution in [0.1, 0.15) is 0 Å². The van der Waals surface area contributed by atoms with E-state index in [0.29, 0.717) is 11.8 Å². The average molecular weight is 232 g/mol. The van der Waals surface area contributed by atoms with Crippen LogP contribution in [0.25, 0.3) is 21.6 Å². The van der Waals surface area contributed by atoms with Gasteiger partial charge in [-0.05, 0) is 17.5 Å². The number of rotatable bonds is 2. The molecule has 5 nitrogen and oxygen atoms in total. The van der Waals surface area contributed by atoms with Gasteiger partial charge in [0.05, 0.1) is 10.2 Å². The Bertz CT molecular complexity index is 630. The number of thiophene rings is 1. The van der Waals surface area contributed by atoms with E-state index in [0.717, 1.165) is 15.8 Å². The van der Waals surface area contributed by atoms with Crippen molar-refractivity contribution in [1.29, 1.82) is 0 Å². The van der Waals surface area contributed by atoms with Gasteiger partial charge in [0.2, 0.25) is 5.82 Å². The molecule has 0 atom stereocenters. The van der Waals surface area contributed by atoms with Crippen molar-refractivity contribution in [1.82, 2.24) is 15.1 Å². The highest BCUT2D eigenvalue weighted by molar-refractivity contribution is 7.17. The number of hydrogen-bond acceptors (Lipinski definition) is 6. The summed E-state index contributed by atoms with van der Waals surface area (Å²) in [6.45, 7) is 0. The number of pyridine rings is 1. The highest BCUT2D eigenvalue weighted by atomic mass is 32.1. The molecule has 0 aromatic carbocycles. The zero-order chi connectivity index (χ0) is 11.0. The Balaban J connectivity index is 2.10. The van der Waals surface area contributed by atoms with Crippen LogP contribution in [0.4, 0.5) is 6.01 Å². The lowest BCUT2D eigenvalue weighted by molar-refractivity contribution is 0.434. The maximum atomic E-state index is 4.97. The molecule has 0 saturated carbocycles. The zero-order valence-corrected chi connectivity index (χ0v) is 9.28. The topological polar surface area (TPSA) is 63.8 Å². The van der Waals surface area contributed by atoms with E-state index < -0.39 is 0 Å². The second-order valence-corrected chi connectivity index (χ2v) is 4.15. The van der Waals surface area contributed by atoms with Crippen molar-refractivity contribution in [3.05, 3.63) is 23.7 Å². The van der Waals surface area contributed by atoms with Gasteiger partial charge in [-0.1, -0.05) is 5.16 Å². The smallest absolute Gasteiger partial charge is 0.321 e. The molecule has 0 aliphatic heterocycles. The summed E-state index contributed by atoms with van der Waals surface area (Å²) in [5, 5.41) is 8.67. The second kappa shape index (κ2) is 3.57. The van der Waals surface area contributed by atoms with Crippen molar-refractivity contribution in [2.24, 2.45) is 0 Å². The van der Waals surface area contributed by atoms with Crippen LogP contribution in [-0.4, -0.2) is 22.2 Å². The molecule has 80 valence electrons. The summed E-state index contributed by atoms with van der Waals surface area (Å²) in [7, 11) is 1.73. The molecule has 6 heteroatoms. The van der Waals surface area contributed by atoms with Gasteiger partial charge in [0.25, 0.3) is 0 Å². The van der Waals surface area contributed by atoms with E-state index in [1.54, 1.807) is 24.6 Å². The molecule has 3 heterocycles. The van der Waals surface area contributed by atoms with Crippen LogP contribution in [0.15, 0.2) is 28.2 Å². The van der Waals surface area contributed by atoms with E-state index in [2.05, 4.69) is 20.4 Å². The predicted molar refractivity (Wildman–Crippen MR) is 62.5 cm³/mol. The van der Waals surface area contributed by atoms with Gasteiger partial charge in [-0.3, -0.25) is 4.98 Å². The normalized spacial score (nSPS) is 10.8. The van der Waals surface area contributed by atoms with Crippen LogP contribution in [0.5, 0.6) is 0 Å². The summed E-state index contributed by atoms with van der Waals surface area (Å²) in [5.74, 6) is 0.548. The van der Waals surface area contributed by atoms with E-state index in [-0.39, 0.29) is 0 Å². The van der Waals surface area contributed by atoms with Crippen LogP contribution in [0.3, 0.4) is 0 Å². The highest BCUT2D eigenvalue weighted by Gasteiger charge is 2.08. The zero-order valence-electron chi connectivity index (χ0n) is 8.47. The first-order valence-electron chi connectivity index (χ1n) is 4.72. The Labute approximate surface area is 95.1 Å². The molecule has 0 aliphatic carbocycles. The van der Waals surface area contributed by atoms with E-state index in [1.165, 1.54) is 0 Å². The molecule has 0 amide bonds. The number of nitrogens with zero attached hydrogens (tertiary/aromatic N) is 3. The summed E-state index contributed by atoms with van der Waals surface area (Å²) in [4.78, 5) is 8.49. The summed E-state index contributed by atoms with van der Waals surface area (Å²) in [5.41, 5.74) is 1.85. The van der Waals surface area contributed by atoms with Crippen molar-refractivity contribution >= 4 is 27.6 Å². The van der Waals surface area contributed by atoms with Gasteiger partial charge in [0.15, 0.2) is 0 Å². The lowest BCUT2D eigenvalue weighted by atomic mass is 10.2. The maximum absolute atomic E-state index is 4.97. The largest absolute Gasteiger partial charge is 0.341 e. The van der Waals surface area contributed by atoms with Gasteiger partial charge in [-0.15, -0.1) is 11.3 Å². The fourth-order valence-electron chi connectivity index (χ4n) is 1.41. The van der Waals surface area contributed by atoms with Gasteiger partial charge >= 0.3 is 6.01 Å². The van der Waals surface area contributed by atoms with Gasteiger partial charge in [-0.2, -0.15) is 4.98 Å². The lowest BCUT2D eigenvalue weighted by Gasteiger charge is -1.93. The summed E-state index contributed by atoms with van der Waals surface area (Å²) >= 11 is 1.64. The molecule has 3 aromatic heterocycles. The van der Waals surface area contributed by atoms with Crippen LogP contribution in [0, 0.1) is 0 Å². The van der Waals surface area contributed by atoms with Crippen molar-refractivity contribution in [2.75, 3.05) is 12.4 Å². The number of fused-ring (bicyclic) bond motifs is 1.